The molecular weight excluding hydrogens is 494 g/mol. The van der Waals surface area contributed by atoms with Gasteiger partial charge in [0.1, 0.15) is 34.7 Å². The largest absolute Gasteiger partial charge is 0.492 e. The summed E-state index contributed by atoms with van der Waals surface area (Å²) in [5.41, 5.74) is 12.3. The number of nitrogen functional groups attached to an aromatic ring is 1. The number of aromatic nitrogens is 2. The summed E-state index contributed by atoms with van der Waals surface area (Å²) < 4.78 is 66.7. The number of anilines is 1. The zero-order valence-corrected chi connectivity index (χ0v) is 19.5. The molecule has 2 unspecified atom stereocenters. The van der Waals surface area contributed by atoms with Crippen LogP contribution in [0.5, 0.6) is 5.75 Å². The van der Waals surface area contributed by atoms with Crippen LogP contribution in [0, 0.1) is 23.1 Å². The summed E-state index contributed by atoms with van der Waals surface area (Å²) in [6, 6.07) is 9.98. The maximum Gasteiger partial charge on any atom is 0.411 e. The van der Waals surface area contributed by atoms with Crippen molar-refractivity contribution in [2.45, 2.75) is 25.1 Å². The first kappa shape index (κ1) is 26.0. The van der Waals surface area contributed by atoms with Gasteiger partial charge >= 0.3 is 6.18 Å². The number of primary amides is 1. The minimum absolute atomic E-state index is 0.0494. The minimum Gasteiger partial charge on any atom is -0.492 e. The first-order valence-electron chi connectivity index (χ1n) is 11.3. The number of ether oxygens (including phenoxy) is 2. The van der Waals surface area contributed by atoms with Crippen LogP contribution in [-0.4, -0.2) is 41.7 Å². The molecule has 37 heavy (non-hydrogen) atoms. The van der Waals surface area contributed by atoms with E-state index < -0.39 is 29.9 Å². The Labute approximate surface area is 209 Å². The molecule has 0 spiro atoms. The van der Waals surface area contributed by atoms with E-state index in [1.165, 1.54) is 6.07 Å². The number of nitrogens with two attached hydrogens (primary N) is 2. The number of carbonyl (C=O) groups excluding carboxylic acids is 1. The van der Waals surface area contributed by atoms with Gasteiger partial charge in [0.25, 0.3) is 5.91 Å². The van der Waals surface area contributed by atoms with Crippen molar-refractivity contribution in [3.05, 3.63) is 65.0 Å². The number of rotatable bonds is 8. The van der Waals surface area contributed by atoms with Crippen LogP contribution in [0.2, 0.25) is 0 Å². The van der Waals surface area contributed by atoms with Gasteiger partial charge in [-0.25, -0.2) is 9.07 Å². The van der Waals surface area contributed by atoms with Crippen LogP contribution in [-0.2, 0) is 11.2 Å². The van der Waals surface area contributed by atoms with Crippen LogP contribution in [0.4, 0.5) is 23.4 Å². The number of nitrogens with zero attached hydrogens (tertiary/aromatic N) is 3. The van der Waals surface area contributed by atoms with E-state index in [-0.39, 0.29) is 54.6 Å². The lowest BCUT2D eigenvalue weighted by molar-refractivity contribution is -0.183. The van der Waals surface area contributed by atoms with Crippen molar-refractivity contribution in [2.75, 3.05) is 25.6 Å². The van der Waals surface area contributed by atoms with Crippen LogP contribution in [0.25, 0.3) is 11.3 Å². The van der Waals surface area contributed by atoms with Gasteiger partial charge in [0.05, 0.1) is 18.8 Å². The fourth-order valence-corrected chi connectivity index (χ4v) is 4.31. The Bertz CT molecular complexity index is 1330. The van der Waals surface area contributed by atoms with Crippen molar-refractivity contribution in [1.82, 2.24) is 9.78 Å². The van der Waals surface area contributed by atoms with Gasteiger partial charge in [0.15, 0.2) is 6.04 Å². The van der Waals surface area contributed by atoms with E-state index in [2.05, 4.69) is 5.10 Å². The lowest BCUT2D eigenvalue weighted by Crippen LogP contribution is -2.35. The lowest BCUT2D eigenvalue weighted by Gasteiger charge is -2.26. The highest BCUT2D eigenvalue weighted by Gasteiger charge is 2.49. The molecule has 0 saturated carbocycles. The summed E-state index contributed by atoms with van der Waals surface area (Å²) in [5, 5.41) is 13.7. The second kappa shape index (κ2) is 10.5. The third kappa shape index (κ3) is 5.51. The molecule has 0 aliphatic carbocycles. The maximum atomic E-state index is 14.0. The highest BCUT2D eigenvalue weighted by molar-refractivity contribution is 5.95. The topological polar surface area (TPSA) is 129 Å². The number of hydrogen-bond acceptors (Lipinski definition) is 6. The molecular formula is C25H23F4N5O3. The van der Waals surface area contributed by atoms with Crippen molar-refractivity contribution in [2.24, 2.45) is 11.7 Å². The van der Waals surface area contributed by atoms with Crippen molar-refractivity contribution in [1.29, 1.82) is 5.26 Å². The third-order valence-corrected chi connectivity index (χ3v) is 6.15. The third-order valence-electron chi connectivity index (χ3n) is 6.15. The van der Waals surface area contributed by atoms with Gasteiger partial charge in [-0.15, -0.1) is 0 Å². The van der Waals surface area contributed by atoms with Gasteiger partial charge in [0, 0.05) is 24.5 Å². The van der Waals surface area contributed by atoms with Crippen LogP contribution >= 0.6 is 0 Å². The molecule has 1 aliphatic rings. The molecule has 8 nitrogen and oxygen atoms in total. The van der Waals surface area contributed by atoms with E-state index >= 15 is 0 Å². The van der Waals surface area contributed by atoms with E-state index in [4.69, 9.17) is 20.9 Å². The van der Waals surface area contributed by atoms with E-state index in [1.807, 2.05) is 6.07 Å². The highest BCUT2D eigenvalue weighted by atomic mass is 19.4. The molecule has 12 heteroatoms. The summed E-state index contributed by atoms with van der Waals surface area (Å²) in [7, 11) is 0. The Kier molecular flexibility index (Phi) is 7.35. The zero-order valence-electron chi connectivity index (χ0n) is 19.5. The van der Waals surface area contributed by atoms with Gasteiger partial charge in [-0.1, -0.05) is 24.3 Å². The van der Waals surface area contributed by atoms with Crippen molar-refractivity contribution in [3.8, 4) is 23.1 Å². The van der Waals surface area contributed by atoms with E-state index in [0.29, 0.717) is 16.7 Å². The van der Waals surface area contributed by atoms with E-state index in [1.54, 1.807) is 24.3 Å². The monoisotopic (exact) mass is 517 g/mol. The van der Waals surface area contributed by atoms with Crippen LogP contribution < -0.4 is 16.2 Å². The average Bonchev–Trinajstić information content (AvgIpc) is 3.48. The summed E-state index contributed by atoms with van der Waals surface area (Å²) in [6.07, 6.45) is -4.03. The standard InChI is InChI=1S/C25H23F4N5O3/c26-17-5-6-20(18(11-17)24(32)35)37-10-7-14-1-3-15(4-2-14)21-19(12-30)23(31)34(33-21)22(25(27,28)29)16-8-9-36-13-16/h1-6,11,16,22H,7-10,13,31H2,(H2,32,35). The molecule has 1 amide bonds. The van der Waals surface area contributed by atoms with E-state index in [9.17, 15) is 27.6 Å². The molecule has 1 fully saturated rings. The maximum absolute atomic E-state index is 14.0. The van der Waals surface area contributed by atoms with Gasteiger partial charge in [-0.05, 0) is 30.2 Å². The highest BCUT2D eigenvalue weighted by Crippen LogP contribution is 2.42. The molecule has 0 radical (unpaired) electrons. The first-order chi connectivity index (χ1) is 17.6. The molecule has 0 bridgehead atoms. The van der Waals surface area contributed by atoms with Gasteiger partial charge < -0.3 is 20.9 Å². The SMILES string of the molecule is N#Cc1c(-c2ccc(CCOc3ccc(F)cc3C(N)=O)cc2)nn(C(C2CCOC2)C(F)(F)F)c1N. The zero-order chi connectivity index (χ0) is 26.7. The molecule has 1 aromatic heterocycles. The lowest BCUT2D eigenvalue weighted by atomic mass is 9.98. The number of halogens is 4. The molecule has 1 aliphatic heterocycles. The smallest absolute Gasteiger partial charge is 0.411 e. The average molecular weight is 517 g/mol. The predicted octanol–water partition coefficient (Wildman–Crippen LogP) is 4.00. The molecule has 2 atom stereocenters. The Morgan fingerprint density at radius 2 is 2.00 bits per heavy atom. The van der Waals surface area contributed by atoms with Crippen LogP contribution in [0.15, 0.2) is 42.5 Å². The number of alkyl halides is 3. The van der Waals surface area contributed by atoms with Gasteiger partial charge in [0.2, 0.25) is 0 Å². The van der Waals surface area contributed by atoms with Gasteiger partial charge in [-0.2, -0.15) is 23.5 Å². The van der Waals surface area contributed by atoms with Crippen molar-refractivity contribution >= 4 is 11.7 Å². The Balaban J connectivity index is 1.53. The minimum atomic E-state index is -4.63. The number of nitriles is 1. The normalized spacial score (nSPS) is 16.4. The van der Waals surface area contributed by atoms with Crippen LogP contribution in [0.1, 0.15) is 33.9 Å². The summed E-state index contributed by atoms with van der Waals surface area (Å²) in [4.78, 5) is 11.5. The molecule has 4 N–H and O–H groups in total. The van der Waals surface area contributed by atoms with Crippen molar-refractivity contribution in [3.63, 3.8) is 0 Å². The number of amides is 1. The molecule has 2 aromatic carbocycles. The molecule has 2 heterocycles. The van der Waals surface area contributed by atoms with E-state index in [0.717, 1.165) is 17.7 Å². The fraction of sp³-hybridized carbons (Fsp3) is 0.320. The Hall–Kier alpha value is -4.11. The summed E-state index contributed by atoms with van der Waals surface area (Å²) in [5.74, 6) is -2.50. The number of hydrogen-bond donors (Lipinski definition) is 2. The Morgan fingerprint density at radius 1 is 1.27 bits per heavy atom. The number of carbonyl (C=O) groups is 1. The second-order valence-corrected chi connectivity index (χ2v) is 8.58. The van der Waals surface area contributed by atoms with Crippen molar-refractivity contribution < 1.29 is 31.8 Å². The summed E-state index contributed by atoms with van der Waals surface area (Å²) in [6.45, 7) is 0.288. The van der Waals surface area contributed by atoms with Gasteiger partial charge in [-0.3, -0.25) is 4.79 Å². The molecule has 3 aromatic rings. The van der Waals surface area contributed by atoms with Crippen LogP contribution in [0.3, 0.4) is 0 Å². The first-order valence-corrected chi connectivity index (χ1v) is 11.3. The Morgan fingerprint density at radius 3 is 2.59 bits per heavy atom. The second-order valence-electron chi connectivity index (χ2n) is 8.58. The number of benzene rings is 2. The quantitative estimate of drug-likeness (QED) is 0.435. The predicted molar refractivity (Wildman–Crippen MR) is 125 cm³/mol. The molecule has 194 valence electrons. The molecule has 1 saturated heterocycles. The summed E-state index contributed by atoms with van der Waals surface area (Å²) >= 11 is 0. The fourth-order valence-electron chi connectivity index (χ4n) is 4.31. The molecule has 4 rings (SSSR count).